The van der Waals surface area contributed by atoms with Gasteiger partial charge in [-0.25, -0.2) is 9.97 Å². The van der Waals surface area contributed by atoms with Crippen molar-refractivity contribution in [3.8, 4) is 11.5 Å². The van der Waals surface area contributed by atoms with E-state index in [4.69, 9.17) is 10.5 Å². The number of nitrogens with one attached hydrogen (secondary N) is 2. The molecule has 1 fully saturated rings. The molecule has 7 nitrogen and oxygen atoms in total. The molecule has 0 spiro atoms. The van der Waals surface area contributed by atoms with Crippen LogP contribution >= 0.6 is 0 Å². The maximum Gasteiger partial charge on any atom is 0.150 e. The molecule has 1 aliphatic heterocycles. The number of nitrogens with two attached hydrogens (primary N) is 1. The highest BCUT2D eigenvalue weighted by molar-refractivity contribution is 5.90. The van der Waals surface area contributed by atoms with Crippen LogP contribution in [0.3, 0.4) is 0 Å². The van der Waals surface area contributed by atoms with E-state index in [-0.39, 0.29) is 5.54 Å². The predicted molar refractivity (Wildman–Crippen MR) is 124 cm³/mol. The lowest BCUT2D eigenvalue weighted by molar-refractivity contribution is 0.478. The standard InChI is InChI=1S/C24H26N6O/c1-17-13-26-22-21(17)23(29-16-28-22)30-12-11-24(25,15-30)14-27-19-9-5-6-10-20(19)31-18-7-3-2-4-8-18/h2-10,13,16,27H,11-12,14-15,25H2,1H3,(H,26,28,29). The smallest absolute Gasteiger partial charge is 0.150 e. The Hall–Kier alpha value is -3.58. The summed E-state index contributed by atoms with van der Waals surface area (Å²) in [7, 11) is 0. The number of ether oxygens (including phenoxy) is 1. The molecule has 0 amide bonds. The number of hydrogen-bond acceptors (Lipinski definition) is 6. The summed E-state index contributed by atoms with van der Waals surface area (Å²) >= 11 is 0. The van der Waals surface area contributed by atoms with Gasteiger partial charge in [0.1, 0.15) is 23.5 Å². The van der Waals surface area contributed by atoms with E-state index in [1.165, 1.54) is 0 Å². The first kappa shape index (κ1) is 19.4. The van der Waals surface area contributed by atoms with Gasteiger partial charge in [-0.2, -0.15) is 0 Å². The molecule has 1 saturated heterocycles. The van der Waals surface area contributed by atoms with E-state index >= 15 is 0 Å². The molecule has 0 aliphatic carbocycles. The van der Waals surface area contributed by atoms with Crippen molar-refractivity contribution in [1.29, 1.82) is 0 Å². The van der Waals surface area contributed by atoms with Crippen LogP contribution in [0.5, 0.6) is 11.5 Å². The van der Waals surface area contributed by atoms with Gasteiger partial charge in [0, 0.05) is 25.8 Å². The summed E-state index contributed by atoms with van der Waals surface area (Å²) < 4.78 is 6.07. The van der Waals surface area contributed by atoms with Gasteiger partial charge in [-0.1, -0.05) is 30.3 Å². The highest BCUT2D eigenvalue weighted by Crippen LogP contribution is 2.33. The van der Waals surface area contributed by atoms with Crippen molar-refractivity contribution in [1.82, 2.24) is 15.0 Å². The molecule has 158 valence electrons. The Morgan fingerprint density at radius 1 is 1.13 bits per heavy atom. The third kappa shape index (κ3) is 3.92. The second-order valence-corrected chi connectivity index (χ2v) is 8.19. The Labute approximate surface area is 181 Å². The van der Waals surface area contributed by atoms with E-state index in [9.17, 15) is 0 Å². The molecule has 1 atom stereocenters. The van der Waals surface area contributed by atoms with Crippen LogP contribution < -0.4 is 20.7 Å². The number of aromatic nitrogens is 3. The van der Waals surface area contributed by atoms with Crippen molar-refractivity contribution < 1.29 is 4.74 Å². The second-order valence-electron chi connectivity index (χ2n) is 8.19. The summed E-state index contributed by atoms with van der Waals surface area (Å²) in [6.45, 7) is 4.29. The molecule has 1 unspecified atom stereocenters. The first-order valence-electron chi connectivity index (χ1n) is 10.5. The van der Waals surface area contributed by atoms with Crippen molar-refractivity contribution in [3.63, 3.8) is 0 Å². The normalized spacial score (nSPS) is 18.5. The van der Waals surface area contributed by atoms with Gasteiger partial charge in [-0.15, -0.1) is 0 Å². The fourth-order valence-corrected chi connectivity index (χ4v) is 4.15. The lowest BCUT2D eigenvalue weighted by atomic mass is 10.00. The zero-order valence-electron chi connectivity index (χ0n) is 17.5. The van der Waals surface area contributed by atoms with Crippen LogP contribution in [0.2, 0.25) is 0 Å². The van der Waals surface area contributed by atoms with Gasteiger partial charge in [0.15, 0.2) is 5.75 Å². The van der Waals surface area contributed by atoms with Gasteiger partial charge < -0.3 is 25.7 Å². The number of benzene rings is 2. The number of nitrogens with zero attached hydrogens (tertiary/aromatic N) is 3. The minimum atomic E-state index is -0.374. The molecule has 0 bridgehead atoms. The van der Waals surface area contributed by atoms with Crippen LogP contribution in [0.15, 0.2) is 67.1 Å². The van der Waals surface area contributed by atoms with Gasteiger partial charge in [0.2, 0.25) is 0 Å². The average molecular weight is 415 g/mol. The molecular weight excluding hydrogens is 388 g/mol. The quantitative estimate of drug-likeness (QED) is 0.440. The maximum atomic E-state index is 6.80. The van der Waals surface area contributed by atoms with Gasteiger partial charge in [-0.05, 0) is 43.2 Å². The van der Waals surface area contributed by atoms with Crippen LogP contribution in [-0.4, -0.2) is 40.1 Å². The number of aryl methyl sites for hydroxylation is 1. The molecule has 7 heteroatoms. The summed E-state index contributed by atoms with van der Waals surface area (Å²) in [5, 5.41) is 4.59. The number of rotatable bonds is 6. The first-order valence-corrected chi connectivity index (χ1v) is 10.5. The van der Waals surface area contributed by atoms with Crippen molar-refractivity contribution >= 4 is 22.5 Å². The van der Waals surface area contributed by atoms with Crippen molar-refractivity contribution in [2.24, 2.45) is 5.73 Å². The Bertz CT molecular complexity index is 1190. The number of fused-ring (bicyclic) bond motifs is 1. The predicted octanol–water partition coefficient (Wildman–Crippen LogP) is 4.08. The number of H-pyrrole nitrogens is 1. The zero-order valence-corrected chi connectivity index (χ0v) is 17.5. The third-order valence-electron chi connectivity index (χ3n) is 5.82. The van der Waals surface area contributed by atoms with E-state index in [2.05, 4.69) is 32.1 Å². The highest BCUT2D eigenvalue weighted by atomic mass is 16.5. The van der Waals surface area contributed by atoms with Crippen LogP contribution in [-0.2, 0) is 0 Å². The van der Waals surface area contributed by atoms with Gasteiger partial charge in [0.05, 0.1) is 16.6 Å². The van der Waals surface area contributed by atoms with Gasteiger partial charge in [0.25, 0.3) is 0 Å². The molecule has 1 aliphatic rings. The van der Waals surface area contributed by atoms with Crippen molar-refractivity contribution in [2.75, 3.05) is 29.9 Å². The SMILES string of the molecule is Cc1c[nH]c2ncnc(N3CCC(N)(CNc4ccccc4Oc4ccccc4)C3)c12. The molecule has 5 rings (SSSR count). The second kappa shape index (κ2) is 7.92. The van der Waals surface area contributed by atoms with Gasteiger partial charge >= 0.3 is 0 Å². The average Bonchev–Trinajstić information content (AvgIpc) is 3.37. The van der Waals surface area contributed by atoms with Crippen LogP contribution in [0.1, 0.15) is 12.0 Å². The molecular formula is C24H26N6O. The molecule has 0 radical (unpaired) electrons. The lowest BCUT2D eigenvalue weighted by Crippen LogP contribution is -2.48. The molecule has 0 saturated carbocycles. The summed E-state index contributed by atoms with van der Waals surface area (Å²) in [6, 6.07) is 17.7. The van der Waals surface area contributed by atoms with E-state index in [1.807, 2.05) is 60.8 Å². The minimum Gasteiger partial charge on any atom is -0.455 e. The third-order valence-corrected chi connectivity index (χ3v) is 5.82. The van der Waals surface area contributed by atoms with Crippen molar-refractivity contribution in [2.45, 2.75) is 18.9 Å². The zero-order chi connectivity index (χ0) is 21.3. The summed E-state index contributed by atoms with van der Waals surface area (Å²) in [6.07, 6.45) is 4.45. The fraction of sp³-hybridized carbons (Fsp3) is 0.250. The molecule has 2 aromatic carbocycles. The minimum absolute atomic E-state index is 0.374. The van der Waals surface area contributed by atoms with E-state index in [0.717, 1.165) is 59.1 Å². The fourth-order valence-electron chi connectivity index (χ4n) is 4.15. The van der Waals surface area contributed by atoms with Crippen LogP contribution in [0.4, 0.5) is 11.5 Å². The molecule has 4 N–H and O–H groups in total. The van der Waals surface area contributed by atoms with E-state index in [1.54, 1.807) is 6.33 Å². The topological polar surface area (TPSA) is 92.1 Å². The largest absolute Gasteiger partial charge is 0.455 e. The number of anilines is 2. The summed E-state index contributed by atoms with van der Waals surface area (Å²) in [4.78, 5) is 14.4. The highest BCUT2D eigenvalue weighted by Gasteiger charge is 2.36. The van der Waals surface area contributed by atoms with E-state index < -0.39 is 0 Å². The first-order chi connectivity index (χ1) is 15.1. The Kier molecular flexibility index (Phi) is 4.95. The van der Waals surface area contributed by atoms with Gasteiger partial charge in [-0.3, -0.25) is 0 Å². The number of hydrogen-bond donors (Lipinski definition) is 3. The molecule has 3 heterocycles. The van der Waals surface area contributed by atoms with Crippen molar-refractivity contribution in [3.05, 3.63) is 72.7 Å². The molecule has 31 heavy (non-hydrogen) atoms. The molecule has 2 aromatic heterocycles. The Morgan fingerprint density at radius 2 is 1.94 bits per heavy atom. The van der Waals surface area contributed by atoms with E-state index in [0.29, 0.717) is 6.54 Å². The summed E-state index contributed by atoms with van der Waals surface area (Å²) in [5.41, 5.74) is 9.36. The maximum absolute atomic E-state index is 6.80. The lowest BCUT2D eigenvalue weighted by Gasteiger charge is -2.26. The monoisotopic (exact) mass is 414 g/mol. The number of para-hydroxylation sites is 3. The summed E-state index contributed by atoms with van der Waals surface area (Å²) in [5.74, 6) is 2.54. The number of aromatic amines is 1. The van der Waals surface area contributed by atoms with Crippen LogP contribution in [0, 0.1) is 6.92 Å². The molecule has 4 aromatic rings. The Balaban J connectivity index is 1.30. The Morgan fingerprint density at radius 3 is 2.81 bits per heavy atom. The van der Waals surface area contributed by atoms with Crippen LogP contribution in [0.25, 0.3) is 11.0 Å².